The lowest BCUT2D eigenvalue weighted by molar-refractivity contribution is 0.734. The van der Waals surface area contributed by atoms with Crippen molar-refractivity contribution >= 4 is 17.0 Å². The average Bonchev–Trinajstić information content (AvgIpc) is 2.90. The Labute approximate surface area is 149 Å². The van der Waals surface area contributed by atoms with Crippen molar-refractivity contribution in [3.05, 3.63) is 52.8 Å². The summed E-state index contributed by atoms with van der Waals surface area (Å²) in [4.78, 5) is 9.54. The van der Waals surface area contributed by atoms with Crippen LogP contribution < -0.4 is 10.6 Å². The number of aromatic nitrogens is 3. The second-order valence-corrected chi connectivity index (χ2v) is 6.63. The maximum Gasteiger partial charge on any atom is 0.204 e. The molecule has 0 unspecified atom stereocenters. The summed E-state index contributed by atoms with van der Waals surface area (Å²) in [5.74, 6) is 0.920. The van der Waals surface area contributed by atoms with Gasteiger partial charge in [0.25, 0.3) is 0 Å². The van der Waals surface area contributed by atoms with Gasteiger partial charge in [0, 0.05) is 12.2 Å². The molecule has 2 N–H and O–H groups in total. The number of imidazole rings is 1. The SMILES string of the molecule is CNCCCNc1nc2c(C)cc(C)cc2n1Cc1cccc(C)n1. The van der Waals surface area contributed by atoms with Crippen molar-refractivity contribution < 1.29 is 0 Å². The van der Waals surface area contributed by atoms with Crippen LogP contribution in [-0.4, -0.2) is 34.7 Å². The van der Waals surface area contributed by atoms with Crippen molar-refractivity contribution in [3.63, 3.8) is 0 Å². The summed E-state index contributed by atoms with van der Waals surface area (Å²) in [7, 11) is 1.98. The summed E-state index contributed by atoms with van der Waals surface area (Å²) < 4.78 is 2.25. The molecule has 0 saturated heterocycles. The van der Waals surface area contributed by atoms with E-state index in [1.165, 1.54) is 11.1 Å². The first-order chi connectivity index (χ1) is 12.1. The van der Waals surface area contributed by atoms with E-state index in [2.05, 4.69) is 58.3 Å². The van der Waals surface area contributed by atoms with Crippen LogP contribution in [0.3, 0.4) is 0 Å². The summed E-state index contributed by atoms with van der Waals surface area (Å²) in [5, 5.41) is 6.68. The van der Waals surface area contributed by atoms with Crippen LogP contribution in [0.15, 0.2) is 30.3 Å². The topological polar surface area (TPSA) is 54.8 Å². The van der Waals surface area contributed by atoms with Crippen molar-refractivity contribution in [3.8, 4) is 0 Å². The Hall–Kier alpha value is -2.40. The molecule has 0 radical (unpaired) electrons. The highest BCUT2D eigenvalue weighted by Crippen LogP contribution is 2.25. The standard InChI is InChI=1S/C20H27N5/c1-14-11-15(2)19-18(12-14)25(13-17-8-5-7-16(3)23-17)20(24-19)22-10-6-9-21-4/h5,7-8,11-12,21H,6,9-10,13H2,1-4H3,(H,22,24). The monoisotopic (exact) mass is 337 g/mol. The van der Waals surface area contributed by atoms with Gasteiger partial charge < -0.3 is 15.2 Å². The maximum atomic E-state index is 4.87. The maximum absolute atomic E-state index is 4.87. The first kappa shape index (κ1) is 17.4. The van der Waals surface area contributed by atoms with E-state index >= 15 is 0 Å². The lowest BCUT2D eigenvalue weighted by Gasteiger charge is -2.11. The zero-order valence-corrected chi connectivity index (χ0v) is 15.6. The Morgan fingerprint density at radius 2 is 1.88 bits per heavy atom. The fourth-order valence-electron chi connectivity index (χ4n) is 3.18. The molecule has 132 valence electrons. The third kappa shape index (κ3) is 3.99. The number of rotatable bonds is 7. The van der Waals surface area contributed by atoms with Gasteiger partial charge in [0.05, 0.1) is 23.3 Å². The Bertz CT molecular complexity index is 866. The van der Waals surface area contributed by atoms with Crippen molar-refractivity contribution in [2.45, 2.75) is 33.7 Å². The van der Waals surface area contributed by atoms with E-state index in [9.17, 15) is 0 Å². The van der Waals surface area contributed by atoms with Gasteiger partial charge in [0.1, 0.15) is 0 Å². The minimum Gasteiger partial charge on any atom is -0.356 e. The predicted molar refractivity (Wildman–Crippen MR) is 104 cm³/mol. The second-order valence-electron chi connectivity index (χ2n) is 6.63. The summed E-state index contributed by atoms with van der Waals surface area (Å²) in [5.41, 5.74) is 6.79. The fraction of sp³-hybridized carbons (Fsp3) is 0.400. The molecule has 0 bridgehead atoms. The van der Waals surface area contributed by atoms with Gasteiger partial charge in [-0.05, 0) is 70.1 Å². The van der Waals surface area contributed by atoms with E-state index in [1.54, 1.807) is 0 Å². The van der Waals surface area contributed by atoms with E-state index < -0.39 is 0 Å². The van der Waals surface area contributed by atoms with Crippen molar-refractivity contribution in [1.29, 1.82) is 0 Å². The molecule has 0 aliphatic heterocycles. The number of fused-ring (bicyclic) bond motifs is 1. The number of nitrogens with one attached hydrogen (secondary N) is 2. The van der Waals surface area contributed by atoms with Crippen molar-refractivity contribution in [2.75, 3.05) is 25.5 Å². The molecule has 0 atom stereocenters. The molecule has 25 heavy (non-hydrogen) atoms. The van der Waals surface area contributed by atoms with Gasteiger partial charge in [-0.25, -0.2) is 4.98 Å². The molecule has 0 spiro atoms. The molecular weight excluding hydrogens is 310 g/mol. The zero-order chi connectivity index (χ0) is 17.8. The number of aryl methyl sites for hydroxylation is 3. The largest absolute Gasteiger partial charge is 0.356 e. The molecule has 5 heteroatoms. The molecule has 1 aromatic carbocycles. The van der Waals surface area contributed by atoms with E-state index in [-0.39, 0.29) is 0 Å². The van der Waals surface area contributed by atoms with Gasteiger partial charge in [0.2, 0.25) is 5.95 Å². The Morgan fingerprint density at radius 1 is 1.04 bits per heavy atom. The number of hydrogen-bond acceptors (Lipinski definition) is 4. The molecule has 2 aromatic heterocycles. The summed E-state index contributed by atoms with van der Waals surface area (Å²) >= 11 is 0. The minimum atomic E-state index is 0.718. The highest BCUT2D eigenvalue weighted by molar-refractivity contribution is 5.82. The van der Waals surface area contributed by atoms with Crippen LogP contribution in [-0.2, 0) is 6.54 Å². The van der Waals surface area contributed by atoms with E-state index in [4.69, 9.17) is 4.98 Å². The van der Waals surface area contributed by atoms with Gasteiger partial charge >= 0.3 is 0 Å². The molecule has 0 saturated carbocycles. The minimum absolute atomic E-state index is 0.718. The molecular formula is C20H27N5. The number of anilines is 1. The first-order valence-electron chi connectivity index (χ1n) is 8.87. The highest BCUT2D eigenvalue weighted by atomic mass is 15.2. The zero-order valence-electron chi connectivity index (χ0n) is 15.6. The van der Waals surface area contributed by atoms with E-state index in [0.29, 0.717) is 0 Å². The highest BCUT2D eigenvalue weighted by Gasteiger charge is 2.13. The summed E-state index contributed by atoms with van der Waals surface area (Å²) in [6, 6.07) is 10.6. The van der Waals surface area contributed by atoms with E-state index in [0.717, 1.165) is 54.4 Å². The van der Waals surface area contributed by atoms with Gasteiger partial charge in [-0.1, -0.05) is 12.1 Å². The average molecular weight is 337 g/mol. The molecule has 3 rings (SSSR count). The molecule has 0 aliphatic carbocycles. The lowest BCUT2D eigenvalue weighted by atomic mass is 10.1. The second kappa shape index (κ2) is 7.66. The third-order valence-corrected chi connectivity index (χ3v) is 4.34. The van der Waals surface area contributed by atoms with Crippen LogP contribution in [0.1, 0.15) is 28.9 Å². The van der Waals surface area contributed by atoms with Crippen molar-refractivity contribution in [1.82, 2.24) is 19.9 Å². The number of benzene rings is 1. The van der Waals surface area contributed by atoms with Crippen LogP contribution in [0.2, 0.25) is 0 Å². The quantitative estimate of drug-likeness (QED) is 0.649. The Morgan fingerprint density at radius 3 is 2.64 bits per heavy atom. The Kier molecular flexibility index (Phi) is 5.34. The molecule has 5 nitrogen and oxygen atoms in total. The van der Waals surface area contributed by atoms with Crippen LogP contribution in [0.5, 0.6) is 0 Å². The molecule has 3 aromatic rings. The smallest absolute Gasteiger partial charge is 0.204 e. The molecule has 0 aliphatic rings. The van der Waals surface area contributed by atoms with Crippen LogP contribution >= 0.6 is 0 Å². The number of nitrogens with zero attached hydrogens (tertiary/aromatic N) is 3. The van der Waals surface area contributed by atoms with Gasteiger partial charge in [0.15, 0.2) is 0 Å². The van der Waals surface area contributed by atoms with Gasteiger partial charge in [-0.2, -0.15) is 0 Å². The normalized spacial score (nSPS) is 11.2. The molecule has 0 amide bonds. The summed E-state index contributed by atoms with van der Waals surface area (Å²) in [6.07, 6.45) is 1.06. The first-order valence-corrected chi connectivity index (χ1v) is 8.87. The number of pyridine rings is 1. The molecule has 0 fully saturated rings. The summed E-state index contributed by atoms with van der Waals surface area (Å²) in [6.45, 7) is 8.89. The Balaban J connectivity index is 1.99. The van der Waals surface area contributed by atoms with Crippen LogP contribution in [0, 0.1) is 20.8 Å². The van der Waals surface area contributed by atoms with Gasteiger partial charge in [-0.3, -0.25) is 4.98 Å². The lowest BCUT2D eigenvalue weighted by Crippen LogP contribution is -2.15. The predicted octanol–water partition coefficient (Wildman–Crippen LogP) is 3.43. The molecule has 2 heterocycles. The number of hydrogen-bond donors (Lipinski definition) is 2. The third-order valence-electron chi connectivity index (χ3n) is 4.34. The van der Waals surface area contributed by atoms with Crippen LogP contribution in [0.4, 0.5) is 5.95 Å². The van der Waals surface area contributed by atoms with Gasteiger partial charge in [-0.15, -0.1) is 0 Å². The van der Waals surface area contributed by atoms with Crippen LogP contribution in [0.25, 0.3) is 11.0 Å². The fourth-order valence-corrected chi connectivity index (χ4v) is 3.18. The van der Waals surface area contributed by atoms with Crippen molar-refractivity contribution in [2.24, 2.45) is 0 Å². The van der Waals surface area contributed by atoms with E-state index in [1.807, 2.05) is 20.0 Å².